The number of halogens is 1. The lowest BCUT2D eigenvalue weighted by Crippen LogP contribution is -2.43. The van der Waals surface area contributed by atoms with Crippen molar-refractivity contribution in [1.82, 2.24) is 15.3 Å². The minimum atomic E-state index is -0.198. The zero-order valence-corrected chi connectivity index (χ0v) is 21.8. The molecule has 1 aliphatic carbocycles. The molecule has 3 aliphatic rings. The minimum absolute atomic E-state index is 0.0485. The van der Waals surface area contributed by atoms with Crippen LogP contribution in [0.2, 0.25) is 0 Å². The molecule has 0 spiro atoms. The fraction of sp³-hybridized carbons (Fsp3) is 0.593. The number of aromatic nitrogens is 2. The van der Waals surface area contributed by atoms with Crippen molar-refractivity contribution in [1.29, 1.82) is 0 Å². The summed E-state index contributed by atoms with van der Waals surface area (Å²) >= 11 is 5.71. The maximum absolute atomic E-state index is 13.6. The largest absolute Gasteiger partial charge is 0.378 e. The van der Waals surface area contributed by atoms with E-state index in [1.54, 1.807) is 12.1 Å². The Morgan fingerprint density at radius 2 is 1.50 bits per heavy atom. The van der Waals surface area contributed by atoms with Gasteiger partial charge in [0, 0.05) is 44.2 Å². The van der Waals surface area contributed by atoms with Crippen molar-refractivity contribution in [3.63, 3.8) is 0 Å². The SMILES string of the molecule is Fc1ccc(C2(CNC(=S)Nc3nc(N4CCCCC4)cc(N4CCOCC4)n3)CCCCC2)cc1. The minimum Gasteiger partial charge on any atom is -0.378 e. The van der Waals surface area contributed by atoms with Crippen LogP contribution < -0.4 is 20.4 Å². The van der Waals surface area contributed by atoms with E-state index >= 15 is 0 Å². The van der Waals surface area contributed by atoms with E-state index in [1.807, 2.05) is 12.1 Å². The topological polar surface area (TPSA) is 65.6 Å². The van der Waals surface area contributed by atoms with Gasteiger partial charge in [0.05, 0.1) is 13.2 Å². The van der Waals surface area contributed by atoms with E-state index in [9.17, 15) is 4.39 Å². The first-order chi connectivity index (χ1) is 17.6. The molecule has 36 heavy (non-hydrogen) atoms. The van der Waals surface area contributed by atoms with E-state index in [0.717, 1.165) is 50.7 Å². The summed E-state index contributed by atoms with van der Waals surface area (Å²) in [5.41, 5.74) is 1.13. The predicted molar refractivity (Wildman–Crippen MR) is 147 cm³/mol. The molecule has 0 amide bonds. The number of nitrogens with one attached hydrogen (secondary N) is 2. The van der Waals surface area contributed by atoms with Crippen molar-refractivity contribution in [2.24, 2.45) is 0 Å². The van der Waals surface area contributed by atoms with Gasteiger partial charge in [-0.1, -0.05) is 31.4 Å². The molecule has 3 fully saturated rings. The summed E-state index contributed by atoms with van der Waals surface area (Å²) in [6, 6.07) is 9.09. The predicted octanol–water partition coefficient (Wildman–Crippen LogP) is 4.63. The van der Waals surface area contributed by atoms with Crippen LogP contribution in [0.1, 0.15) is 56.9 Å². The summed E-state index contributed by atoms with van der Waals surface area (Å²) < 4.78 is 19.1. The molecule has 9 heteroatoms. The van der Waals surface area contributed by atoms with E-state index in [0.29, 0.717) is 30.8 Å². The fourth-order valence-electron chi connectivity index (χ4n) is 5.71. The third-order valence-electron chi connectivity index (χ3n) is 7.79. The van der Waals surface area contributed by atoms with Crippen LogP contribution in [0.25, 0.3) is 0 Å². The second-order valence-corrected chi connectivity index (χ2v) is 10.6. The number of hydrogen-bond acceptors (Lipinski definition) is 6. The standard InChI is InChI=1S/C27H37FN6OS/c28-22-9-7-21(8-10-22)27(11-3-1-4-12-27)20-29-26(36)32-25-30-23(33-13-5-2-6-14-33)19-24(31-25)34-15-17-35-18-16-34/h7-10,19H,1-6,11-18,20H2,(H2,29,30,31,32,36). The van der Waals surface area contributed by atoms with Crippen LogP contribution in [0.3, 0.4) is 0 Å². The van der Waals surface area contributed by atoms with Crippen LogP contribution in [0, 0.1) is 5.82 Å². The van der Waals surface area contributed by atoms with Gasteiger partial charge in [-0.15, -0.1) is 0 Å². The molecule has 3 heterocycles. The zero-order chi connectivity index (χ0) is 24.8. The Labute approximate surface area is 218 Å². The van der Waals surface area contributed by atoms with Gasteiger partial charge in [0.2, 0.25) is 5.95 Å². The van der Waals surface area contributed by atoms with Crippen LogP contribution in [-0.2, 0) is 10.2 Å². The summed E-state index contributed by atoms with van der Waals surface area (Å²) in [5, 5.41) is 7.24. The van der Waals surface area contributed by atoms with Crippen molar-refractivity contribution in [3.8, 4) is 0 Å². The second kappa shape index (κ2) is 11.7. The summed E-state index contributed by atoms with van der Waals surface area (Å²) in [6.45, 7) is 5.78. The maximum Gasteiger partial charge on any atom is 0.232 e. The summed E-state index contributed by atoms with van der Waals surface area (Å²) in [5.74, 6) is 2.19. The van der Waals surface area contributed by atoms with Crippen molar-refractivity contribution >= 4 is 34.9 Å². The summed E-state index contributed by atoms with van der Waals surface area (Å²) in [4.78, 5) is 14.3. The van der Waals surface area contributed by atoms with E-state index < -0.39 is 0 Å². The molecule has 194 valence electrons. The number of benzene rings is 1. The Morgan fingerprint density at radius 1 is 0.889 bits per heavy atom. The van der Waals surface area contributed by atoms with E-state index in [2.05, 4.69) is 26.5 Å². The molecular weight excluding hydrogens is 475 g/mol. The van der Waals surface area contributed by atoms with Gasteiger partial charge in [0.1, 0.15) is 17.5 Å². The molecule has 0 radical (unpaired) electrons. The highest BCUT2D eigenvalue weighted by molar-refractivity contribution is 7.80. The first-order valence-corrected chi connectivity index (χ1v) is 13.8. The lowest BCUT2D eigenvalue weighted by Gasteiger charge is -2.38. The molecule has 0 atom stereocenters. The van der Waals surface area contributed by atoms with E-state index in [4.69, 9.17) is 26.9 Å². The van der Waals surface area contributed by atoms with Crippen molar-refractivity contribution < 1.29 is 9.13 Å². The highest BCUT2D eigenvalue weighted by Crippen LogP contribution is 2.39. The highest BCUT2D eigenvalue weighted by Gasteiger charge is 2.34. The van der Waals surface area contributed by atoms with Crippen LogP contribution in [0.15, 0.2) is 30.3 Å². The van der Waals surface area contributed by atoms with Gasteiger partial charge in [-0.25, -0.2) is 4.39 Å². The number of thiocarbonyl (C=S) groups is 1. The van der Waals surface area contributed by atoms with Crippen LogP contribution in [0.5, 0.6) is 0 Å². The van der Waals surface area contributed by atoms with Crippen LogP contribution in [0.4, 0.5) is 22.0 Å². The molecule has 1 saturated carbocycles. The van der Waals surface area contributed by atoms with Gasteiger partial charge < -0.3 is 25.2 Å². The molecule has 7 nitrogen and oxygen atoms in total. The van der Waals surface area contributed by atoms with E-state index in [1.165, 1.54) is 44.1 Å². The molecule has 0 unspecified atom stereocenters. The third-order valence-corrected chi connectivity index (χ3v) is 8.04. The number of morpholine rings is 1. The Kier molecular flexibility index (Phi) is 8.16. The molecule has 2 aliphatic heterocycles. The molecule has 2 aromatic rings. The van der Waals surface area contributed by atoms with Gasteiger partial charge >= 0.3 is 0 Å². The van der Waals surface area contributed by atoms with Crippen LogP contribution in [-0.4, -0.2) is 61.0 Å². The Morgan fingerprint density at radius 3 is 2.17 bits per heavy atom. The first kappa shape index (κ1) is 25.1. The quantitative estimate of drug-likeness (QED) is 0.543. The summed E-state index contributed by atoms with van der Waals surface area (Å²) in [7, 11) is 0. The Hall–Kier alpha value is -2.52. The van der Waals surface area contributed by atoms with Gasteiger partial charge in [-0.3, -0.25) is 0 Å². The van der Waals surface area contributed by atoms with E-state index in [-0.39, 0.29) is 11.2 Å². The van der Waals surface area contributed by atoms with Crippen molar-refractivity contribution in [3.05, 3.63) is 41.7 Å². The lowest BCUT2D eigenvalue weighted by molar-refractivity contribution is 0.122. The molecule has 5 rings (SSSR count). The Balaban J connectivity index is 1.31. The van der Waals surface area contributed by atoms with Gasteiger partial charge in [-0.05, 0) is 62.0 Å². The molecular formula is C27H37FN6OS. The average Bonchev–Trinajstić information content (AvgIpc) is 2.93. The maximum atomic E-state index is 13.6. The number of ether oxygens (including phenoxy) is 1. The average molecular weight is 513 g/mol. The van der Waals surface area contributed by atoms with Gasteiger partial charge in [0.15, 0.2) is 5.11 Å². The molecule has 0 bridgehead atoms. The zero-order valence-electron chi connectivity index (χ0n) is 21.0. The van der Waals surface area contributed by atoms with Gasteiger partial charge in [-0.2, -0.15) is 9.97 Å². The third kappa shape index (κ3) is 6.06. The molecule has 2 N–H and O–H groups in total. The smallest absolute Gasteiger partial charge is 0.232 e. The monoisotopic (exact) mass is 512 g/mol. The lowest BCUT2D eigenvalue weighted by atomic mass is 9.69. The van der Waals surface area contributed by atoms with Crippen LogP contribution >= 0.6 is 12.2 Å². The number of anilines is 3. The van der Waals surface area contributed by atoms with Crippen molar-refractivity contribution in [2.75, 3.05) is 61.1 Å². The first-order valence-electron chi connectivity index (χ1n) is 13.4. The molecule has 2 saturated heterocycles. The number of rotatable bonds is 6. The number of hydrogen-bond donors (Lipinski definition) is 2. The molecule has 1 aromatic carbocycles. The van der Waals surface area contributed by atoms with Gasteiger partial charge in [0.25, 0.3) is 0 Å². The number of nitrogens with zero attached hydrogens (tertiary/aromatic N) is 4. The summed E-state index contributed by atoms with van der Waals surface area (Å²) in [6.07, 6.45) is 9.36. The normalized spacial score (nSPS) is 20.1. The Bertz CT molecular complexity index is 981. The fourth-order valence-corrected chi connectivity index (χ4v) is 5.88. The number of piperidine rings is 1. The molecule has 1 aromatic heterocycles. The highest BCUT2D eigenvalue weighted by atomic mass is 32.1. The second-order valence-electron chi connectivity index (χ2n) is 10.2. The van der Waals surface area contributed by atoms with Crippen molar-refractivity contribution in [2.45, 2.75) is 56.8 Å².